The van der Waals surface area contributed by atoms with E-state index in [9.17, 15) is 14.4 Å². The van der Waals surface area contributed by atoms with E-state index in [1.165, 1.54) is 6.92 Å². The number of ketones is 1. The van der Waals surface area contributed by atoms with Crippen molar-refractivity contribution in [3.63, 3.8) is 0 Å². The number of Topliss-reactive ketones (excluding diaryl/α,β-unsaturated/α-hetero) is 1. The van der Waals surface area contributed by atoms with Crippen molar-refractivity contribution in [3.05, 3.63) is 0 Å². The van der Waals surface area contributed by atoms with Crippen LogP contribution in [0.2, 0.25) is 0 Å². The number of carbonyl (C=O) groups is 3. The van der Waals surface area contributed by atoms with Crippen molar-refractivity contribution < 1.29 is 19.1 Å². The predicted octanol–water partition coefficient (Wildman–Crippen LogP) is 0.344. The molecule has 1 atom stereocenters. The number of alkyl carbamates (subject to hydrolysis) is 1. The van der Waals surface area contributed by atoms with Gasteiger partial charge >= 0.3 is 6.09 Å². The second kappa shape index (κ2) is 5.48. The fourth-order valence-corrected chi connectivity index (χ4v) is 0.947. The third-order valence-electron chi connectivity index (χ3n) is 1.59. The zero-order chi connectivity index (χ0) is 12.9. The molecule has 0 aromatic heterocycles. The first kappa shape index (κ1) is 14.4. The summed E-state index contributed by atoms with van der Waals surface area (Å²) in [4.78, 5) is 33.1. The first-order valence-corrected chi connectivity index (χ1v) is 4.90. The van der Waals surface area contributed by atoms with Crippen LogP contribution >= 0.6 is 0 Å². The lowest BCUT2D eigenvalue weighted by molar-refractivity contribution is -0.124. The summed E-state index contributed by atoms with van der Waals surface area (Å²) in [6.45, 7) is 6.36. The van der Waals surface area contributed by atoms with E-state index in [0.29, 0.717) is 0 Å². The van der Waals surface area contributed by atoms with Gasteiger partial charge in [0.05, 0.1) is 12.5 Å². The predicted molar refractivity (Wildman–Crippen MR) is 57.7 cm³/mol. The second-order valence-electron chi connectivity index (χ2n) is 4.48. The summed E-state index contributed by atoms with van der Waals surface area (Å²) in [7, 11) is 0. The van der Waals surface area contributed by atoms with Gasteiger partial charge in [-0.3, -0.25) is 9.59 Å². The topological polar surface area (TPSA) is 98.5 Å². The van der Waals surface area contributed by atoms with Gasteiger partial charge in [0.15, 0.2) is 5.78 Å². The van der Waals surface area contributed by atoms with Crippen LogP contribution < -0.4 is 11.1 Å². The fraction of sp³-hybridized carbons (Fsp3) is 0.700. The minimum absolute atomic E-state index is 0.228. The van der Waals surface area contributed by atoms with E-state index in [4.69, 9.17) is 10.5 Å². The smallest absolute Gasteiger partial charge is 0.408 e. The summed E-state index contributed by atoms with van der Waals surface area (Å²) >= 11 is 0. The molecular weight excluding hydrogens is 212 g/mol. The lowest BCUT2D eigenvalue weighted by Crippen LogP contribution is -2.44. The van der Waals surface area contributed by atoms with E-state index in [1.807, 2.05) is 0 Å². The highest BCUT2D eigenvalue weighted by Crippen LogP contribution is 2.07. The van der Waals surface area contributed by atoms with Crippen molar-refractivity contribution in [1.29, 1.82) is 0 Å². The van der Waals surface area contributed by atoms with E-state index in [1.54, 1.807) is 20.8 Å². The van der Waals surface area contributed by atoms with Crippen molar-refractivity contribution in [2.24, 2.45) is 5.73 Å². The summed E-state index contributed by atoms with van der Waals surface area (Å²) in [5.41, 5.74) is 4.30. The number of rotatable bonds is 4. The molecule has 0 heterocycles. The zero-order valence-corrected chi connectivity index (χ0v) is 9.99. The molecule has 0 aliphatic heterocycles. The van der Waals surface area contributed by atoms with Crippen molar-refractivity contribution >= 4 is 17.8 Å². The van der Waals surface area contributed by atoms with Crippen molar-refractivity contribution in [1.82, 2.24) is 5.32 Å². The normalized spacial score (nSPS) is 12.8. The van der Waals surface area contributed by atoms with Gasteiger partial charge in [0.2, 0.25) is 5.91 Å². The molecule has 0 aliphatic carbocycles. The number of primary amides is 1. The van der Waals surface area contributed by atoms with Crippen LogP contribution in [0, 0.1) is 0 Å². The zero-order valence-electron chi connectivity index (χ0n) is 9.99. The molecule has 0 spiro atoms. The largest absolute Gasteiger partial charge is 0.444 e. The molecule has 16 heavy (non-hydrogen) atoms. The third-order valence-corrected chi connectivity index (χ3v) is 1.59. The van der Waals surface area contributed by atoms with E-state index >= 15 is 0 Å². The summed E-state index contributed by atoms with van der Waals surface area (Å²) in [6.07, 6.45) is -0.969. The van der Waals surface area contributed by atoms with Crippen LogP contribution in [0.4, 0.5) is 4.79 Å². The molecule has 0 radical (unpaired) electrons. The highest BCUT2D eigenvalue weighted by atomic mass is 16.6. The van der Waals surface area contributed by atoms with Crippen molar-refractivity contribution in [2.45, 2.75) is 45.8 Å². The monoisotopic (exact) mass is 230 g/mol. The van der Waals surface area contributed by atoms with Crippen LogP contribution in [0.3, 0.4) is 0 Å². The molecule has 3 N–H and O–H groups in total. The Balaban J connectivity index is 4.35. The Bertz CT molecular complexity index is 294. The number of hydrogen-bond donors (Lipinski definition) is 2. The Morgan fingerprint density at radius 2 is 1.81 bits per heavy atom. The van der Waals surface area contributed by atoms with E-state index < -0.39 is 23.6 Å². The van der Waals surface area contributed by atoms with Gasteiger partial charge in [0.25, 0.3) is 0 Å². The summed E-state index contributed by atoms with van der Waals surface area (Å²) < 4.78 is 4.95. The van der Waals surface area contributed by atoms with Crippen LogP contribution in [0.5, 0.6) is 0 Å². The van der Waals surface area contributed by atoms with Gasteiger partial charge in [-0.05, 0) is 27.7 Å². The average molecular weight is 230 g/mol. The fourth-order valence-electron chi connectivity index (χ4n) is 0.947. The van der Waals surface area contributed by atoms with Gasteiger partial charge in [-0.1, -0.05) is 0 Å². The van der Waals surface area contributed by atoms with Gasteiger partial charge < -0.3 is 15.8 Å². The third kappa shape index (κ3) is 6.80. The van der Waals surface area contributed by atoms with Gasteiger partial charge in [0, 0.05) is 0 Å². The van der Waals surface area contributed by atoms with Crippen LogP contribution in [0.25, 0.3) is 0 Å². The molecule has 0 rings (SSSR count). The molecular formula is C10H18N2O4. The maximum atomic E-state index is 11.3. The Morgan fingerprint density at radius 1 is 1.31 bits per heavy atom. The van der Waals surface area contributed by atoms with Crippen molar-refractivity contribution in [3.8, 4) is 0 Å². The maximum absolute atomic E-state index is 11.3. The average Bonchev–Trinajstić information content (AvgIpc) is 1.97. The summed E-state index contributed by atoms with van der Waals surface area (Å²) in [5.74, 6) is -0.999. The molecule has 6 nitrogen and oxygen atoms in total. The molecule has 0 saturated heterocycles. The van der Waals surface area contributed by atoms with Crippen LogP contribution in [-0.4, -0.2) is 29.4 Å². The Morgan fingerprint density at radius 3 is 2.12 bits per heavy atom. The quantitative estimate of drug-likeness (QED) is 0.727. The van der Waals surface area contributed by atoms with Gasteiger partial charge in [0.1, 0.15) is 5.60 Å². The highest BCUT2D eigenvalue weighted by Gasteiger charge is 2.23. The molecule has 0 fully saturated rings. The summed E-state index contributed by atoms with van der Waals surface area (Å²) in [6, 6.07) is -0.924. The molecule has 6 heteroatoms. The highest BCUT2D eigenvalue weighted by molar-refractivity contribution is 5.90. The number of hydrogen-bond acceptors (Lipinski definition) is 4. The number of carbonyl (C=O) groups excluding carboxylic acids is 3. The van der Waals surface area contributed by atoms with E-state index in [-0.39, 0.29) is 12.2 Å². The van der Waals surface area contributed by atoms with Crippen molar-refractivity contribution in [2.75, 3.05) is 0 Å². The SMILES string of the molecule is CC(=O)[C@H](CC(N)=O)NC(=O)OC(C)(C)C. The second-order valence-corrected chi connectivity index (χ2v) is 4.48. The lowest BCUT2D eigenvalue weighted by Gasteiger charge is -2.22. The van der Waals surface area contributed by atoms with Crippen LogP contribution in [0.15, 0.2) is 0 Å². The molecule has 2 amide bonds. The molecule has 0 aromatic carbocycles. The Hall–Kier alpha value is -1.59. The van der Waals surface area contributed by atoms with Crippen LogP contribution in [0.1, 0.15) is 34.1 Å². The Kier molecular flexibility index (Phi) is 4.94. The number of ether oxygens (including phenoxy) is 1. The van der Waals surface area contributed by atoms with Gasteiger partial charge in [-0.25, -0.2) is 4.79 Å². The number of nitrogens with one attached hydrogen (secondary N) is 1. The minimum Gasteiger partial charge on any atom is -0.444 e. The van der Waals surface area contributed by atoms with Crippen LogP contribution in [-0.2, 0) is 14.3 Å². The maximum Gasteiger partial charge on any atom is 0.408 e. The molecule has 0 aromatic rings. The Labute approximate surface area is 94.5 Å². The van der Waals surface area contributed by atoms with E-state index in [2.05, 4.69) is 5.32 Å². The number of amides is 2. The van der Waals surface area contributed by atoms with Gasteiger partial charge in [-0.15, -0.1) is 0 Å². The van der Waals surface area contributed by atoms with Gasteiger partial charge in [-0.2, -0.15) is 0 Å². The first-order valence-electron chi connectivity index (χ1n) is 4.90. The summed E-state index contributed by atoms with van der Waals surface area (Å²) in [5, 5.41) is 2.29. The molecule has 0 aliphatic rings. The lowest BCUT2D eigenvalue weighted by atomic mass is 10.1. The number of nitrogens with two attached hydrogens (primary N) is 1. The minimum atomic E-state index is -0.924. The molecule has 0 unspecified atom stereocenters. The molecule has 92 valence electrons. The molecule has 0 bridgehead atoms. The molecule has 0 saturated carbocycles. The van der Waals surface area contributed by atoms with E-state index in [0.717, 1.165) is 0 Å². The first-order chi connectivity index (χ1) is 7.11. The standard InChI is InChI=1S/C10H18N2O4/c1-6(13)7(5-8(11)14)12-9(15)16-10(2,3)4/h7H,5H2,1-4H3,(H2,11,14)(H,12,15)/t7-/m0/s1.